The van der Waals surface area contributed by atoms with Crippen LogP contribution in [0.15, 0.2) is 91.6 Å². The number of amides is 1. The molecule has 0 aliphatic carbocycles. The SMILES string of the molecule is Cc1ccccc1Cn1cncc1Cn1cc(C(=O)N2CCN(C)CC2)c(-c2cccc3ccccc23)c1. The van der Waals surface area contributed by atoms with Gasteiger partial charge in [0.25, 0.3) is 5.91 Å². The predicted molar refractivity (Wildman–Crippen MR) is 152 cm³/mol. The third-order valence-corrected chi connectivity index (χ3v) is 7.73. The van der Waals surface area contributed by atoms with E-state index in [1.807, 2.05) is 23.6 Å². The van der Waals surface area contributed by atoms with Crippen molar-refractivity contribution in [2.45, 2.75) is 20.0 Å². The van der Waals surface area contributed by atoms with Gasteiger partial charge in [0.1, 0.15) is 0 Å². The van der Waals surface area contributed by atoms with Gasteiger partial charge in [-0.2, -0.15) is 0 Å². The van der Waals surface area contributed by atoms with E-state index in [1.165, 1.54) is 16.5 Å². The summed E-state index contributed by atoms with van der Waals surface area (Å²) in [6, 6.07) is 23.2. The van der Waals surface area contributed by atoms with E-state index in [0.717, 1.165) is 60.5 Å². The second-order valence-corrected chi connectivity index (χ2v) is 10.3. The minimum Gasteiger partial charge on any atom is -0.347 e. The van der Waals surface area contributed by atoms with Crippen LogP contribution in [-0.2, 0) is 13.1 Å². The van der Waals surface area contributed by atoms with Crippen LogP contribution in [0.3, 0.4) is 0 Å². The minimum atomic E-state index is 0.105. The van der Waals surface area contributed by atoms with Gasteiger partial charge < -0.3 is 18.9 Å². The van der Waals surface area contributed by atoms with Gasteiger partial charge in [-0.25, -0.2) is 4.98 Å². The van der Waals surface area contributed by atoms with Crippen molar-refractivity contribution in [1.82, 2.24) is 23.9 Å². The minimum absolute atomic E-state index is 0.105. The van der Waals surface area contributed by atoms with E-state index in [-0.39, 0.29) is 5.91 Å². The molecule has 38 heavy (non-hydrogen) atoms. The van der Waals surface area contributed by atoms with Crippen molar-refractivity contribution in [2.24, 2.45) is 0 Å². The van der Waals surface area contributed by atoms with E-state index >= 15 is 0 Å². The van der Waals surface area contributed by atoms with Crippen LogP contribution in [0.4, 0.5) is 0 Å². The Balaban J connectivity index is 1.38. The molecule has 1 fully saturated rings. The molecule has 0 atom stereocenters. The largest absolute Gasteiger partial charge is 0.347 e. The van der Waals surface area contributed by atoms with E-state index < -0.39 is 0 Å². The molecule has 3 heterocycles. The number of benzene rings is 3. The van der Waals surface area contributed by atoms with Gasteiger partial charge in [0.05, 0.1) is 24.1 Å². The first-order valence-corrected chi connectivity index (χ1v) is 13.3. The van der Waals surface area contributed by atoms with Gasteiger partial charge in [-0.1, -0.05) is 66.7 Å². The molecule has 3 aromatic carbocycles. The van der Waals surface area contributed by atoms with Crippen molar-refractivity contribution in [3.05, 3.63) is 114 Å². The van der Waals surface area contributed by atoms with Gasteiger partial charge in [-0.05, 0) is 41.4 Å². The lowest BCUT2D eigenvalue weighted by Gasteiger charge is -2.32. The van der Waals surface area contributed by atoms with Crippen molar-refractivity contribution in [3.63, 3.8) is 0 Å². The molecule has 0 saturated carbocycles. The van der Waals surface area contributed by atoms with Crippen LogP contribution >= 0.6 is 0 Å². The normalized spacial score (nSPS) is 14.3. The first kappa shape index (κ1) is 24.2. The zero-order valence-corrected chi connectivity index (χ0v) is 22.0. The Hall–Kier alpha value is -4.16. The number of likely N-dealkylation sites (N-methyl/N-ethyl adjacent to an activating group) is 1. The van der Waals surface area contributed by atoms with Gasteiger partial charge >= 0.3 is 0 Å². The summed E-state index contributed by atoms with van der Waals surface area (Å²) in [4.78, 5) is 22.6. The molecule has 5 aromatic rings. The highest BCUT2D eigenvalue weighted by Gasteiger charge is 2.25. The van der Waals surface area contributed by atoms with Crippen LogP contribution in [0.1, 0.15) is 27.2 Å². The highest BCUT2D eigenvalue weighted by molar-refractivity contribution is 6.06. The summed E-state index contributed by atoms with van der Waals surface area (Å²) in [5.74, 6) is 0.105. The van der Waals surface area contributed by atoms with Gasteiger partial charge in [-0.15, -0.1) is 0 Å². The molecular weight excluding hydrogens is 470 g/mol. The molecule has 0 N–H and O–H groups in total. The Morgan fingerprint density at radius 1 is 0.842 bits per heavy atom. The molecule has 6 nitrogen and oxygen atoms in total. The molecule has 0 spiro atoms. The number of nitrogens with zero attached hydrogens (tertiary/aromatic N) is 5. The topological polar surface area (TPSA) is 46.3 Å². The van der Waals surface area contributed by atoms with Crippen molar-refractivity contribution in [1.29, 1.82) is 0 Å². The summed E-state index contributed by atoms with van der Waals surface area (Å²) in [5.41, 5.74) is 6.48. The van der Waals surface area contributed by atoms with E-state index in [9.17, 15) is 4.79 Å². The summed E-state index contributed by atoms with van der Waals surface area (Å²) in [6.07, 6.45) is 7.99. The first-order chi connectivity index (χ1) is 18.6. The zero-order valence-electron chi connectivity index (χ0n) is 22.0. The van der Waals surface area contributed by atoms with Crippen LogP contribution in [0.5, 0.6) is 0 Å². The summed E-state index contributed by atoms with van der Waals surface area (Å²) >= 11 is 0. The van der Waals surface area contributed by atoms with E-state index in [4.69, 9.17) is 0 Å². The predicted octanol–water partition coefficient (Wildman–Crippen LogP) is 5.30. The van der Waals surface area contributed by atoms with Crippen LogP contribution in [-0.4, -0.2) is 63.1 Å². The van der Waals surface area contributed by atoms with Crippen LogP contribution in [0.25, 0.3) is 21.9 Å². The third kappa shape index (κ3) is 4.75. The fourth-order valence-corrected chi connectivity index (χ4v) is 5.40. The van der Waals surface area contributed by atoms with Crippen molar-refractivity contribution in [2.75, 3.05) is 33.2 Å². The number of carbonyl (C=O) groups excluding carboxylic acids is 1. The zero-order chi connectivity index (χ0) is 26.1. The molecule has 1 amide bonds. The van der Waals surface area contributed by atoms with Gasteiger partial charge in [0.15, 0.2) is 0 Å². The number of hydrogen-bond acceptors (Lipinski definition) is 3. The molecule has 1 saturated heterocycles. The molecule has 1 aliphatic heterocycles. The van der Waals surface area contributed by atoms with E-state index in [2.05, 4.69) is 106 Å². The quantitative estimate of drug-likeness (QED) is 0.316. The molecule has 0 radical (unpaired) electrons. The Labute approximate surface area is 223 Å². The Morgan fingerprint density at radius 2 is 1.61 bits per heavy atom. The highest BCUT2D eigenvalue weighted by atomic mass is 16.2. The molecular formula is C32H33N5O. The van der Waals surface area contributed by atoms with Gasteiger partial charge in [-0.3, -0.25) is 4.79 Å². The fourth-order valence-electron chi connectivity index (χ4n) is 5.40. The molecule has 0 unspecified atom stereocenters. The monoisotopic (exact) mass is 503 g/mol. The Morgan fingerprint density at radius 3 is 2.45 bits per heavy atom. The smallest absolute Gasteiger partial charge is 0.256 e. The number of rotatable bonds is 6. The summed E-state index contributed by atoms with van der Waals surface area (Å²) in [6.45, 7) is 6.84. The number of piperazine rings is 1. The second kappa shape index (κ2) is 10.3. The molecule has 6 heteroatoms. The maximum atomic E-state index is 13.9. The average molecular weight is 504 g/mol. The summed E-state index contributed by atoms with van der Waals surface area (Å²) in [7, 11) is 2.11. The number of aromatic nitrogens is 3. The maximum Gasteiger partial charge on any atom is 0.256 e. The number of hydrogen-bond donors (Lipinski definition) is 0. The Kier molecular flexibility index (Phi) is 6.56. The molecule has 192 valence electrons. The van der Waals surface area contributed by atoms with Gasteiger partial charge in [0.2, 0.25) is 0 Å². The number of imidazole rings is 1. The lowest BCUT2D eigenvalue weighted by molar-refractivity contribution is 0.0665. The molecule has 6 rings (SSSR count). The third-order valence-electron chi connectivity index (χ3n) is 7.73. The van der Waals surface area contributed by atoms with E-state index in [1.54, 1.807) is 0 Å². The molecule has 1 aliphatic rings. The first-order valence-electron chi connectivity index (χ1n) is 13.3. The van der Waals surface area contributed by atoms with Crippen molar-refractivity contribution < 1.29 is 4.79 Å². The Bertz CT molecular complexity index is 1580. The summed E-state index contributed by atoms with van der Waals surface area (Å²) in [5, 5.41) is 2.33. The van der Waals surface area contributed by atoms with E-state index in [0.29, 0.717) is 6.54 Å². The van der Waals surface area contributed by atoms with Gasteiger partial charge in [0, 0.05) is 56.9 Å². The number of aryl methyl sites for hydroxylation is 1. The molecule has 2 aromatic heterocycles. The number of fused-ring (bicyclic) bond motifs is 1. The second-order valence-electron chi connectivity index (χ2n) is 10.3. The standard InChI is InChI=1S/C32H33N5O/c1-24-8-3-4-10-26(24)19-37-23-33-18-27(37)20-35-21-30(29-13-7-11-25-9-5-6-12-28(25)29)31(22-35)32(38)36-16-14-34(2)15-17-36/h3-13,18,21-23H,14-17,19-20H2,1-2H3. The lowest BCUT2D eigenvalue weighted by atomic mass is 9.97. The lowest BCUT2D eigenvalue weighted by Crippen LogP contribution is -2.47. The van der Waals surface area contributed by atoms with Crippen molar-refractivity contribution in [3.8, 4) is 11.1 Å². The summed E-state index contributed by atoms with van der Waals surface area (Å²) < 4.78 is 4.34. The highest BCUT2D eigenvalue weighted by Crippen LogP contribution is 2.33. The average Bonchev–Trinajstić information content (AvgIpc) is 3.56. The molecule has 0 bridgehead atoms. The fraction of sp³-hybridized carbons (Fsp3) is 0.250. The number of carbonyl (C=O) groups is 1. The maximum absolute atomic E-state index is 13.9. The van der Waals surface area contributed by atoms with Crippen molar-refractivity contribution >= 4 is 16.7 Å². The van der Waals surface area contributed by atoms with Crippen LogP contribution in [0, 0.1) is 6.92 Å². The van der Waals surface area contributed by atoms with Crippen LogP contribution in [0.2, 0.25) is 0 Å². The van der Waals surface area contributed by atoms with Crippen LogP contribution < -0.4 is 0 Å².